The van der Waals surface area contributed by atoms with Crippen molar-refractivity contribution in [3.63, 3.8) is 0 Å². The highest BCUT2D eigenvalue weighted by Gasteiger charge is 2.36. The number of amides is 2. The Morgan fingerprint density at radius 1 is 1.08 bits per heavy atom. The number of rotatable bonds is 7. The number of carbonyl (C=O) groups is 2. The van der Waals surface area contributed by atoms with Crippen molar-refractivity contribution in [2.24, 2.45) is 23.9 Å². The van der Waals surface area contributed by atoms with Gasteiger partial charge in [-0.1, -0.05) is 12.5 Å². The second-order valence-electron chi connectivity index (χ2n) is 11.1. The number of hydrogen-bond acceptors (Lipinski definition) is 6. The molecule has 1 aromatic heterocycles. The zero-order chi connectivity index (χ0) is 27.3. The molecule has 10 heteroatoms. The van der Waals surface area contributed by atoms with E-state index in [1.807, 2.05) is 33.9 Å². The van der Waals surface area contributed by atoms with Crippen LogP contribution in [0, 0.1) is 11.8 Å². The first kappa shape index (κ1) is 25.6. The summed E-state index contributed by atoms with van der Waals surface area (Å²) in [5, 5.41) is 0. The fourth-order valence-corrected chi connectivity index (χ4v) is 6.03. The van der Waals surface area contributed by atoms with Crippen LogP contribution in [0.1, 0.15) is 31.7 Å². The minimum atomic E-state index is -0.237. The molecule has 10 nitrogen and oxygen atoms in total. The van der Waals surface area contributed by atoms with Gasteiger partial charge in [0.2, 0.25) is 5.91 Å². The van der Waals surface area contributed by atoms with E-state index in [0.717, 1.165) is 48.1 Å². The first-order valence-electron chi connectivity index (χ1n) is 13.9. The Kier molecular flexibility index (Phi) is 6.66. The Labute approximate surface area is 227 Å². The molecule has 39 heavy (non-hydrogen) atoms. The van der Waals surface area contributed by atoms with Crippen LogP contribution in [0.3, 0.4) is 0 Å². The quantitative estimate of drug-likeness (QED) is 0.545. The lowest BCUT2D eigenvalue weighted by atomic mass is 9.85. The molecule has 4 aliphatic rings. The van der Waals surface area contributed by atoms with Crippen molar-refractivity contribution in [2.75, 3.05) is 46.4 Å². The largest absolute Gasteiger partial charge is 0.490 e. The number of ether oxygens (including phenoxy) is 1. The van der Waals surface area contributed by atoms with Gasteiger partial charge in [-0.15, -0.1) is 0 Å². The van der Waals surface area contributed by atoms with Crippen LogP contribution < -0.4 is 10.4 Å². The number of piperazine rings is 1. The van der Waals surface area contributed by atoms with Crippen LogP contribution >= 0.6 is 0 Å². The van der Waals surface area contributed by atoms with Crippen LogP contribution in [-0.4, -0.2) is 87.7 Å². The Hall–Kier alpha value is -3.66. The lowest BCUT2D eigenvalue weighted by molar-refractivity contribution is -0.130. The highest BCUT2D eigenvalue weighted by Crippen LogP contribution is 2.41. The summed E-state index contributed by atoms with van der Waals surface area (Å²) in [5.41, 5.74) is 3.88. The lowest BCUT2D eigenvalue weighted by Crippen LogP contribution is -2.48. The standard InChI is InChI=1S/C29H36N6O4/c1-19(36)34-14-11-33(12-15-34)13-16-35-26-24(32(3)29(35)38)8-7-22(27(26)39-18-20-5-4-6-20)23-17-31(2)28(37)25-21(23)9-10-30-25/h7-10,17,20-21H,4-6,11-16,18H2,1-3H3. The smallest absolute Gasteiger partial charge is 0.328 e. The third-order valence-electron chi connectivity index (χ3n) is 8.71. The average molecular weight is 533 g/mol. The van der Waals surface area contributed by atoms with E-state index in [0.29, 0.717) is 50.2 Å². The maximum absolute atomic E-state index is 13.5. The number of hydrogen-bond donors (Lipinski definition) is 0. The topological polar surface area (TPSA) is 92.4 Å². The van der Waals surface area contributed by atoms with Crippen LogP contribution in [0.4, 0.5) is 0 Å². The molecule has 1 aromatic carbocycles. The summed E-state index contributed by atoms with van der Waals surface area (Å²) in [6, 6.07) is 4.00. The normalized spacial score (nSPS) is 21.7. The van der Waals surface area contributed by atoms with Gasteiger partial charge < -0.3 is 14.5 Å². The Balaban J connectivity index is 1.39. The molecule has 2 amide bonds. The predicted octanol–water partition coefficient (Wildman–Crippen LogP) is 2.08. The molecule has 0 spiro atoms. The van der Waals surface area contributed by atoms with Crippen molar-refractivity contribution < 1.29 is 14.3 Å². The highest BCUT2D eigenvalue weighted by atomic mass is 16.5. The third-order valence-corrected chi connectivity index (χ3v) is 8.71. The molecule has 1 unspecified atom stereocenters. The number of aryl methyl sites for hydroxylation is 1. The predicted molar refractivity (Wildman–Crippen MR) is 150 cm³/mol. The van der Waals surface area contributed by atoms with Crippen LogP contribution in [0.25, 0.3) is 16.6 Å². The molecule has 0 bridgehead atoms. The number of allylic oxidation sites excluding steroid dienone is 2. The third kappa shape index (κ3) is 4.50. The van der Waals surface area contributed by atoms with Crippen molar-refractivity contribution in [3.05, 3.63) is 46.7 Å². The fraction of sp³-hybridized carbons (Fsp3) is 0.517. The average Bonchev–Trinajstić information content (AvgIpc) is 3.48. The molecule has 6 rings (SSSR count). The number of benzene rings is 1. The molecule has 2 fully saturated rings. The molecular weight excluding hydrogens is 496 g/mol. The SMILES string of the molecule is CC(=O)N1CCN(CCn2c(=O)n(C)c3ccc(C4=CN(C)C(=O)C5=NC=CC45)c(OCC4CCC4)c32)CC1. The molecule has 4 heterocycles. The van der Waals surface area contributed by atoms with Gasteiger partial charge in [-0.2, -0.15) is 0 Å². The maximum atomic E-state index is 13.5. The summed E-state index contributed by atoms with van der Waals surface area (Å²) in [6.45, 7) is 6.44. The summed E-state index contributed by atoms with van der Waals surface area (Å²) in [6.07, 6.45) is 9.05. The van der Waals surface area contributed by atoms with Gasteiger partial charge in [0.1, 0.15) is 11.2 Å². The number of carbonyl (C=O) groups excluding carboxylic acids is 2. The molecule has 206 valence electrons. The minimum Gasteiger partial charge on any atom is -0.490 e. The molecule has 1 atom stereocenters. The monoisotopic (exact) mass is 532 g/mol. The Morgan fingerprint density at radius 3 is 2.54 bits per heavy atom. The molecule has 0 radical (unpaired) electrons. The summed E-state index contributed by atoms with van der Waals surface area (Å²) in [7, 11) is 3.55. The second-order valence-corrected chi connectivity index (χ2v) is 11.1. The van der Waals surface area contributed by atoms with Crippen LogP contribution in [0.5, 0.6) is 5.75 Å². The maximum Gasteiger partial charge on any atom is 0.328 e. The molecule has 1 saturated heterocycles. The number of imidazole rings is 1. The van der Waals surface area contributed by atoms with Gasteiger partial charge >= 0.3 is 5.69 Å². The summed E-state index contributed by atoms with van der Waals surface area (Å²) in [5.74, 6) is 0.983. The lowest BCUT2D eigenvalue weighted by Gasteiger charge is -2.34. The van der Waals surface area contributed by atoms with E-state index in [2.05, 4.69) is 9.89 Å². The molecule has 1 aliphatic carbocycles. The molecular formula is C29H36N6O4. The van der Waals surface area contributed by atoms with E-state index >= 15 is 0 Å². The fourth-order valence-electron chi connectivity index (χ4n) is 6.03. The van der Waals surface area contributed by atoms with Crippen molar-refractivity contribution in [1.29, 1.82) is 0 Å². The van der Waals surface area contributed by atoms with Gasteiger partial charge in [-0.25, -0.2) is 4.79 Å². The van der Waals surface area contributed by atoms with Gasteiger partial charge in [-0.3, -0.25) is 28.6 Å². The summed E-state index contributed by atoms with van der Waals surface area (Å²) >= 11 is 0. The zero-order valence-corrected chi connectivity index (χ0v) is 22.9. The van der Waals surface area contributed by atoms with Gasteiger partial charge in [0.25, 0.3) is 5.91 Å². The first-order chi connectivity index (χ1) is 18.8. The first-order valence-corrected chi connectivity index (χ1v) is 13.9. The number of fused-ring (bicyclic) bond motifs is 2. The molecule has 1 saturated carbocycles. The highest BCUT2D eigenvalue weighted by molar-refractivity contribution is 6.44. The second kappa shape index (κ2) is 10.1. The van der Waals surface area contributed by atoms with Gasteiger partial charge in [0, 0.05) is 78.3 Å². The number of nitrogens with zero attached hydrogens (tertiary/aromatic N) is 6. The van der Waals surface area contributed by atoms with Crippen molar-refractivity contribution in [1.82, 2.24) is 23.8 Å². The molecule has 0 N–H and O–H groups in total. The molecule has 2 aromatic rings. The van der Waals surface area contributed by atoms with Crippen molar-refractivity contribution in [2.45, 2.75) is 32.7 Å². The minimum absolute atomic E-state index is 0.0778. The van der Waals surface area contributed by atoms with Crippen LogP contribution in [0.2, 0.25) is 0 Å². The van der Waals surface area contributed by atoms with Gasteiger partial charge in [0.05, 0.1) is 18.0 Å². The Morgan fingerprint density at radius 2 is 1.85 bits per heavy atom. The number of aromatic nitrogens is 2. The van der Waals surface area contributed by atoms with Gasteiger partial charge in [-0.05, 0) is 36.5 Å². The van der Waals surface area contributed by atoms with E-state index in [1.165, 1.54) is 6.42 Å². The zero-order valence-electron chi connectivity index (χ0n) is 22.9. The summed E-state index contributed by atoms with van der Waals surface area (Å²) < 4.78 is 10.1. The van der Waals surface area contributed by atoms with Crippen LogP contribution in [-0.2, 0) is 23.2 Å². The molecule has 3 aliphatic heterocycles. The van der Waals surface area contributed by atoms with Crippen molar-refractivity contribution in [3.8, 4) is 5.75 Å². The van der Waals surface area contributed by atoms with Gasteiger partial charge in [0.15, 0.2) is 5.75 Å². The van der Waals surface area contributed by atoms with E-state index in [9.17, 15) is 14.4 Å². The van der Waals surface area contributed by atoms with E-state index < -0.39 is 0 Å². The number of aliphatic imine (C=N–C) groups is 1. The van der Waals surface area contributed by atoms with E-state index in [1.54, 1.807) is 36.7 Å². The Bertz CT molecular complexity index is 1470. The van der Waals surface area contributed by atoms with Crippen molar-refractivity contribution >= 4 is 34.1 Å². The summed E-state index contributed by atoms with van der Waals surface area (Å²) in [4.78, 5) is 48.1. The van der Waals surface area contributed by atoms with E-state index in [4.69, 9.17) is 4.74 Å². The van der Waals surface area contributed by atoms with E-state index in [-0.39, 0.29) is 23.4 Å². The van der Waals surface area contributed by atoms with Crippen LogP contribution in [0.15, 0.2) is 40.4 Å².